The number of hydrogen-bond acceptors (Lipinski definition) is 4. The lowest BCUT2D eigenvalue weighted by molar-refractivity contribution is -0.119. The molecule has 2 rings (SSSR count). The molecule has 0 bridgehead atoms. The van der Waals surface area contributed by atoms with Crippen LogP contribution in [-0.4, -0.2) is 10.9 Å². The topological polar surface area (TPSA) is 91.8 Å². The average Bonchev–Trinajstić information content (AvgIpc) is 2.21. The fourth-order valence-electron chi connectivity index (χ4n) is 1.64. The van der Waals surface area contributed by atoms with E-state index < -0.39 is 0 Å². The third-order valence-corrected chi connectivity index (χ3v) is 2.52. The van der Waals surface area contributed by atoms with Crippen LogP contribution in [0.25, 0.3) is 0 Å². The summed E-state index contributed by atoms with van der Waals surface area (Å²) in [4.78, 5) is 15.4. The molecule has 1 aromatic rings. The van der Waals surface area contributed by atoms with E-state index in [0.717, 1.165) is 5.56 Å². The molecule has 5 heteroatoms. The molecule has 1 amide bonds. The molecule has 1 aliphatic rings. The first-order valence-corrected chi connectivity index (χ1v) is 4.61. The number of nitrogens with zero attached hydrogens (tertiary/aromatic N) is 2. The van der Waals surface area contributed by atoms with Gasteiger partial charge in [-0.1, -0.05) is 6.92 Å². The Morgan fingerprint density at radius 3 is 3.13 bits per heavy atom. The Kier molecular flexibility index (Phi) is 2.05. The first-order chi connectivity index (χ1) is 7.13. The van der Waals surface area contributed by atoms with Crippen LogP contribution < -0.4 is 11.1 Å². The number of hydrogen-bond donors (Lipinski definition) is 2. The summed E-state index contributed by atoms with van der Waals surface area (Å²) in [5.41, 5.74) is 7.20. The first-order valence-electron chi connectivity index (χ1n) is 4.61. The molecule has 15 heavy (non-hydrogen) atoms. The summed E-state index contributed by atoms with van der Waals surface area (Å²) in [5.74, 6) is -0.00910. The Balaban J connectivity index is 2.59. The van der Waals surface area contributed by atoms with Crippen LogP contribution in [0.1, 0.15) is 18.1 Å². The van der Waals surface area contributed by atoms with Crippen molar-refractivity contribution in [3.63, 3.8) is 0 Å². The lowest BCUT2D eigenvalue weighted by Gasteiger charge is -2.22. The van der Waals surface area contributed by atoms with Crippen molar-refractivity contribution in [2.24, 2.45) is 5.92 Å². The predicted octanol–water partition coefficient (Wildman–Crippen LogP) is 0.666. The van der Waals surface area contributed by atoms with Gasteiger partial charge in [0.25, 0.3) is 0 Å². The van der Waals surface area contributed by atoms with E-state index in [1.807, 2.05) is 13.0 Å². The Morgan fingerprint density at radius 2 is 2.47 bits per heavy atom. The van der Waals surface area contributed by atoms with Crippen LogP contribution in [0.3, 0.4) is 0 Å². The summed E-state index contributed by atoms with van der Waals surface area (Å²) in [6.45, 7) is 1.83. The third-order valence-electron chi connectivity index (χ3n) is 2.52. The number of nitrogens with two attached hydrogens (primary N) is 1. The highest BCUT2D eigenvalue weighted by atomic mass is 16.1. The van der Waals surface area contributed by atoms with Gasteiger partial charge in [-0.25, -0.2) is 4.98 Å². The quantitative estimate of drug-likeness (QED) is 0.646. The minimum absolute atomic E-state index is 0.0791. The normalized spacial score (nSPS) is 18.9. The lowest BCUT2D eigenvalue weighted by atomic mass is 9.94. The van der Waals surface area contributed by atoms with Crippen LogP contribution in [0.4, 0.5) is 11.5 Å². The summed E-state index contributed by atoms with van der Waals surface area (Å²) in [5, 5.41) is 11.6. The second-order valence-electron chi connectivity index (χ2n) is 3.62. The van der Waals surface area contributed by atoms with Gasteiger partial charge < -0.3 is 11.1 Å². The van der Waals surface area contributed by atoms with Crippen molar-refractivity contribution >= 4 is 17.4 Å². The van der Waals surface area contributed by atoms with Gasteiger partial charge in [0.05, 0.1) is 5.69 Å². The van der Waals surface area contributed by atoms with Gasteiger partial charge in [-0.2, -0.15) is 5.26 Å². The van der Waals surface area contributed by atoms with E-state index >= 15 is 0 Å². The van der Waals surface area contributed by atoms with Crippen LogP contribution in [0.15, 0.2) is 6.20 Å². The highest BCUT2D eigenvalue weighted by Gasteiger charge is 2.25. The molecule has 0 saturated carbocycles. The van der Waals surface area contributed by atoms with E-state index in [4.69, 9.17) is 11.0 Å². The second kappa shape index (κ2) is 3.24. The number of nitriles is 1. The van der Waals surface area contributed by atoms with E-state index in [1.54, 1.807) is 6.20 Å². The molecule has 1 atom stereocenters. The minimum atomic E-state index is -0.0885. The summed E-state index contributed by atoms with van der Waals surface area (Å²) in [6, 6.07) is 1.96. The molecule has 1 aromatic heterocycles. The van der Waals surface area contributed by atoms with E-state index in [1.165, 1.54) is 0 Å². The SMILES string of the molecule is CC1Cc2cnc(N)c(C#N)c2NC1=O. The maximum atomic E-state index is 11.5. The average molecular weight is 202 g/mol. The molecular formula is C10H10N4O. The van der Waals surface area contributed by atoms with Gasteiger partial charge in [-0.3, -0.25) is 4.79 Å². The maximum absolute atomic E-state index is 11.5. The van der Waals surface area contributed by atoms with E-state index in [-0.39, 0.29) is 23.2 Å². The number of carbonyl (C=O) groups is 1. The number of pyridine rings is 1. The van der Waals surface area contributed by atoms with Gasteiger partial charge in [-0.05, 0) is 12.0 Å². The fourth-order valence-corrected chi connectivity index (χ4v) is 1.64. The zero-order chi connectivity index (χ0) is 11.0. The van der Waals surface area contributed by atoms with Crippen LogP contribution in [0.2, 0.25) is 0 Å². The van der Waals surface area contributed by atoms with Gasteiger partial charge in [0.2, 0.25) is 5.91 Å². The van der Waals surface area contributed by atoms with Crippen LogP contribution in [0.5, 0.6) is 0 Å². The minimum Gasteiger partial charge on any atom is -0.383 e. The molecule has 0 aromatic carbocycles. The van der Waals surface area contributed by atoms with Gasteiger partial charge in [0.15, 0.2) is 0 Å². The number of rotatable bonds is 0. The van der Waals surface area contributed by atoms with E-state index in [0.29, 0.717) is 12.1 Å². The monoisotopic (exact) mass is 202 g/mol. The molecule has 0 radical (unpaired) electrons. The third kappa shape index (κ3) is 1.40. The first kappa shape index (κ1) is 9.46. The molecule has 2 heterocycles. The maximum Gasteiger partial charge on any atom is 0.227 e. The van der Waals surface area contributed by atoms with Gasteiger partial charge in [0.1, 0.15) is 17.5 Å². The standard InChI is InChI=1S/C10H10N4O/c1-5-2-6-4-13-9(12)7(3-11)8(6)14-10(5)15/h4-5H,2H2,1H3,(H2,12,13)(H,14,15). The molecule has 76 valence electrons. The number of aromatic nitrogens is 1. The van der Waals surface area contributed by atoms with Crippen molar-refractivity contribution in [1.82, 2.24) is 4.98 Å². The number of nitrogen functional groups attached to an aromatic ring is 1. The largest absolute Gasteiger partial charge is 0.383 e. The highest BCUT2D eigenvalue weighted by molar-refractivity contribution is 5.97. The molecule has 0 spiro atoms. The Hall–Kier alpha value is -2.09. The molecule has 1 aliphatic heterocycles. The van der Waals surface area contributed by atoms with Crippen molar-refractivity contribution < 1.29 is 4.79 Å². The van der Waals surface area contributed by atoms with E-state index in [9.17, 15) is 4.79 Å². The van der Waals surface area contributed by atoms with Gasteiger partial charge in [-0.15, -0.1) is 0 Å². The zero-order valence-electron chi connectivity index (χ0n) is 8.24. The summed E-state index contributed by atoms with van der Waals surface area (Å²) in [6.07, 6.45) is 2.21. The van der Waals surface area contributed by atoms with Crippen LogP contribution >= 0.6 is 0 Å². The second-order valence-corrected chi connectivity index (χ2v) is 3.62. The van der Waals surface area contributed by atoms with Crippen LogP contribution in [0, 0.1) is 17.2 Å². The number of nitrogens with one attached hydrogen (secondary N) is 1. The molecule has 0 aliphatic carbocycles. The number of anilines is 2. The molecule has 3 N–H and O–H groups in total. The Morgan fingerprint density at radius 1 is 1.73 bits per heavy atom. The van der Waals surface area contributed by atoms with E-state index in [2.05, 4.69) is 10.3 Å². The molecule has 0 fully saturated rings. The van der Waals surface area contributed by atoms with Crippen LogP contribution in [-0.2, 0) is 11.2 Å². The smallest absolute Gasteiger partial charge is 0.227 e. The fraction of sp³-hybridized carbons (Fsp3) is 0.300. The molecule has 5 nitrogen and oxygen atoms in total. The lowest BCUT2D eigenvalue weighted by Crippen LogP contribution is -2.28. The Bertz CT molecular complexity index is 475. The van der Waals surface area contributed by atoms with Crippen molar-refractivity contribution in [2.75, 3.05) is 11.1 Å². The predicted molar refractivity (Wildman–Crippen MR) is 54.9 cm³/mol. The Labute approximate surface area is 86.9 Å². The zero-order valence-corrected chi connectivity index (χ0v) is 8.24. The molecular weight excluding hydrogens is 192 g/mol. The summed E-state index contributed by atoms with van der Waals surface area (Å²) >= 11 is 0. The van der Waals surface area contributed by atoms with Crippen molar-refractivity contribution in [3.05, 3.63) is 17.3 Å². The van der Waals surface area contributed by atoms with Gasteiger partial charge >= 0.3 is 0 Å². The number of amides is 1. The summed E-state index contributed by atoms with van der Waals surface area (Å²) < 4.78 is 0. The highest BCUT2D eigenvalue weighted by Crippen LogP contribution is 2.30. The van der Waals surface area contributed by atoms with Crippen molar-refractivity contribution in [2.45, 2.75) is 13.3 Å². The molecule has 0 saturated heterocycles. The number of carbonyl (C=O) groups excluding carboxylic acids is 1. The van der Waals surface area contributed by atoms with Crippen molar-refractivity contribution in [1.29, 1.82) is 5.26 Å². The summed E-state index contributed by atoms with van der Waals surface area (Å²) in [7, 11) is 0. The van der Waals surface area contributed by atoms with Gasteiger partial charge in [0, 0.05) is 12.1 Å². The molecule has 1 unspecified atom stereocenters. The van der Waals surface area contributed by atoms with Crippen molar-refractivity contribution in [3.8, 4) is 6.07 Å². The number of fused-ring (bicyclic) bond motifs is 1.